The van der Waals surface area contributed by atoms with Gasteiger partial charge in [-0.25, -0.2) is 0 Å². The molecule has 0 aromatic heterocycles. The molecule has 0 aliphatic heterocycles. The van der Waals surface area contributed by atoms with Gasteiger partial charge in [0, 0.05) is 17.5 Å². The lowest BCUT2D eigenvalue weighted by molar-refractivity contribution is -0.385. The quantitative estimate of drug-likeness (QED) is 0.243. The molecule has 0 aliphatic rings. The van der Waals surface area contributed by atoms with Crippen molar-refractivity contribution in [2.45, 2.75) is 65.7 Å². The first-order valence-corrected chi connectivity index (χ1v) is 9.19. The largest absolute Gasteiger partial charge is 0.469 e. The Morgan fingerprint density at radius 3 is 2.42 bits per heavy atom. The molecule has 1 rings (SSSR count). The van der Waals surface area contributed by atoms with Gasteiger partial charge in [-0.2, -0.15) is 0 Å². The van der Waals surface area contributed by atoms with Gasteiger partial charge >= 0.3 is 5.97 Å². The number of rotatable bonds is 9. The molecule has 0 N–H and O–H groups in total. The Hall–Kier alpha value is -2.17. The molecule has 1 aromatic rings. The third-order valence-electron chi connectivity index (χ3n) is 4.52. The van der Waals surface area contributed by atoms with E-state index in [9.17, 15) is 14.9 Å². The maximum absolute atomic E-state index is 11.7. The van der Waals surface area contributed by atoms with Crippen LogP contribution >= 0.6 is 0 Å². The monoisotopic (exact) mass is 361 g/mol. The van der Waals surface area contributed by atoms with Gasteiger partial charge in [0.15, 0.2) is 0 Å². The van der Waals surface area contributed by atoms with E-state index in [4.69, 9.17) is 4.74 Å². The number of benzene rings is 1. The Morgan fingerprint density at radius 2 is 1.96 bits per heavy atom. The van der Waals surface area contributed by atoms with Crippen molar-refractivity contribution in [2.75, 3.05) is 7.11 Å². The molecule has 5 nitrogen and oxygen atoms in total. The second-order valence-electron chi connectivity index (χ2n) is 7.44. The number of ether oxygens (including phenoxy) is 1. The fraction of sp³-hybridized carbons (Fsp3) is 0.571. The van der Waals surface area contributed by atoms with Gasteiger partial charge in [0.1, 0.15) is 0 Å². The maximum Gasteiger partial charge on any atom is 0.306 e. The highest BCUT2D eigenvalue weighted by Gasteiger charge is 2.24. The molecular formula is C21H31NO4. The zero-order chi connectivity index (χ0) is 19.9. The van der Waals surface area contributed by atoms with Crippen LogP contribution in [0.25, 0.3) is 0 Å². The number of carbonyl (C=O) groups is 1. The number of allylic oxidation sites excluding steroid dienone is 2. The minimum Gasteiger partial charge on any atom is -0.469 e. The summed E-state index contributed by atoms with van der Waals surface area (Å²) in [6.45, 7) is 10.2. The standard InChI is InChI=1S/C21H31NO4/c1-7-16(13-21(23)26-6)17-8-9-19(20(12-17)22(24)25)18(10-14(2)3)11-15(4)5/h8-10,12,15-16,18H,7,11,13H2,1-6H3/t16-,18?/m0/s1. The zero-order valence-electron chi connectivity index (χ0n) is 16.7. The second-order valence-corrected chi connectivity index (χ2v) is 7.44. The first kappa shape index (κ1) is 21.9. The molecule has 5 heteroatoms. The molecule has 26 heavy (non-hydrogen) atoms. The molecule has 0 heterocycles. The van der Waals surface area contributed by atoms with Crippen LogP contribution in [0.15, 0.2) is 29.8 Å². The van der Waals surface area contributed by atoms with E-state index in [-0.39, 0.29) is 34.8 Å². The van der Waals surface area contributed by atoms with Crippen LogP contribution in [0.1, 0.15) is 76.8 Å². The molecule has 0 spiro atoms. The summed E-state index contributed by atoms with van der Waals surface area (Å²) in [6.07, 6.45) is 3.90. The van der Waals surface area contributed by atoms with Gasteiger partial charge in [-0.3, -0.25) is 14.9 Å². The van der Waals surface area contributed by atoms with E-state index >= 15 is 0 Å². The average Bonchev–Trinajstić information content (AvgIpc) is 2.57. The molecular weight excluding hydrogens is 330 g/mol. The van der Waals surface area contributed by atoms with Gasteiger partial charge in [0.05, 0.1) is 18.5 Å². The summed E-state index contributed by atoms with van der Waals surface area (Å²) >= 11 is 0. The van der Waals surface area contributed by atoms with Gasteiger partial charge < -0.3 is 4.74 Å². The van der Waals surface area contributed by atoms with E-state index in [0.29, 0.717) is 5.92 Å². The molecule has 2 atom stereocenters. The molecule has 0 amide bonds. The van der Waals surface area contributed by atoms with E-state index in [1.807, 2.05) is 32.9 Å². The Bertz CT molecular complexity index is 660. The fourth-order valence-corrected chi connectivity index (χ4v) is 3.26. The number of hydrogen-bond donors (Lipinski definition) is 0. The minimum absolute atomic E-state index is 0.00938. The van der Waals surface area contributed by atoms with Crippen molar-refractivity contribution < 1.29 is 14.5 Å². The van der Waals surface area contributed by atoms with Crippen LogP contribution in [0.5, 0.6) is 0 Å². The number of nitrogens with zero attached hydrogens (tertiary/aromatic N) is 1. The van der Waals surface area contributed by atoms with Gasteiger partial charge in [0.25, 0.3) is 5.69 Å². The summed E-state index contributed by atoms with van der Waals surface area (Å²) in [4.78, 5) is 23.0. The Morgan fingerprint density at radius 1 is 1.31 bits per heavy atom. The van der Waals surface area contributed by atoms with E-state index in [1.165, 1.54) is 7.11 Å². The summed E-state index contributed by atoms with van der Waals surface area (Å²) in [6, 6.07) is 5.42. The van der Waals surface area contributed by atoms with E-state index in [0.717, 1.165) is 29.5 Å². The summed E-state index contributed by atoms with van der Waals surface area (Å²) in [7, 11) is 1.36. The van der Waals surface area contributed by atoms with Crippen molar-refractivity contribution >= 4 is 11.7 Å². The Balaban J connectivity index is 3.36. The maximum atomic E-state index is 11.7. The highest BCUT2D eigenvalue weighted by Crippen LogP contribution is 2.36. The fourth-order valence-electron chi connectivity index (χ4n) is 3.26. The van der Waals surface area contributed by atoms with Crippen LogP contribution < -0.4 is 0 Å². The SMILES string of the molecule is CC[C@@H](CC(=O)OC)c1ccc(C(C=C(C)C)CC(C)C)c([N+](=O)[O-])c1. The lowest BCUT2D eigenvalue weighted by Crippen LogP contribution is -2.10. The number of nitro benzene ring substituents is 1. The van der Waals surface area contributed by atoms with Gasteiger partial charge in [-0.05, 0) is 44.1 Å². The number of esters is 1. The third kappa shape index (κ3) is 6.28. The summed E-state index contributed by atoms with van der Waals surface area (Å²) in [5.41, 5.74) is 2.83. The number of hydrogen-bond acceptors (Lipinski definition) is 4. The van der Waals surface area contributed by atoms with Crippen molar-refractivity contribution in [2.24, 2.45) is 5.92 Å². The molecule has 0 saturated heterocycles. The van der Waals surface area contributed by atoms with Gasteiger partial charge in [-0.15, -0.1) is 0 Å². The molecule has 0 saturated carbocycles. The Kier molecular flexibility index (Phi) is 8.49. The highest BCUT2D eigenvalue weighted by atomic mass is 16.6. The first-order valence-electron chi connectivity index (χ1n) is 9.19. The van der Waals surface area contributed by atoms with Crippen molar-refractivity contribution in [3.63, 3.8) is 0 Å². The molecule has 144 valence electrons. The molecule has 1 aromatic carbocycles. The van der Waals surface area contributed by atoms with Crippen LogP contribution in [-0.4, -0.2) is 18.0 Å². The van der Waals surface area contributed by atoms with E-state index in [1.54, 1.807) is 6.07 Å². The predicted molar refractivity (Wildman–Crippen MR) is 104 cm³/mol. The van der Waals surface area contributed by atoms with E-state index in [2.05, 4.69) is 19.9 Å². The van der Waals surface area contributed by atoms with Crippen LogP contribution in [0.2, 0.25) is 0 Å². The molecule has 0 fully saturated rings. The lowest BCUT2D eigenvalue weighted by Gasteiger charge is -2.19. The molecule has 0 aliphatic carbocycles. The third-order valence-corrected chi connectivity index (χ3v) is 4.52. The minimum atomic E-state index is -0.310. The smallest absolute Gasteiger partial charge is 0.306 e. The highest BCUT2D eigenvalue weighted by molar-refractivity contribution is 5.70. The second kappa shape index (κ2) is 10.1. The summed E-state index contributed by atoms with van der Waals surface area (Å²) in [5, 5.41) is 11.7. The van der Waals surface area contributed by atoms with Crippen molar-refractivity contribution in [3.05, 3.63) is 51.1 Å². The van der Waals surface area contributed by atoms with Gasteiger partial charge in [-0.1, -0.05) is 44.6 Å². The molecule has 1 unspecified atom stereocenters. The van der Waals surface area contributed by atoms with E-state index < -0.39 is 0 Å². The topological polar surface area (TPSA) is 69.4 Å². The summed E-state index contributed by atoms with van der Waals surface area (Å²) < 4.78 is 4.75. The van der Waals surface area contributed by atoms with Crippen LogP contribution in [0.4, 0.5) is 5.69 Å². The Labute approximate surface area is 156 Å². The van der Waals surface area contributed by atoms with Crippen molar-refractivity contribution in [3.8, 4) is 0 Å². The predicted octanol–water partition coefficient (Wildman–Crippen LogP) is 5.75. The van der Waals surface area contributed by atoms with Crippen LogP contribution in [0, 0.1) is 16.0 Å². The molecule has 0 bridgehead atoms. The zero-order valence-corrected chi connectivity index (χ0v) is 16.7. The van der Waals surface area contributed by atoms with Crippen molar-refractivity contribution in [1.29, 1.82) is 0 Å². The normalized spacial score (nSPS) is 13.2. The van der Waals surface area contributed by atoms with Gasteiger partial charge in [0.2, 0.25) is 0 Å². The van der Waals surface area contributed by atoms with Crippen molar-refractivity contribution in [1.82, 2.24) is 0 Å². The summed E-state index contributed by atoms with van der Waals surface area (Å²) in [5.74, 6) is 0.0562. The van der Waals surface area contributed by atoms with Crippen LogP contribution in [-0.2, 0) is 9.53 Å². The number of methoxy groups -OCH3 is 1. The number of carbonyl (C=O) groups excluding carboxylic acids is 1. The lowest BCUT2D eigenvalue weighted by atomic mass is 9.85. The van der Waals surface area contributed by atoms with Crippen LogP contribution in [0.3, 0.4) is 0 Å². The average molecular weight is 361 g/mol. The number of nitro groups is 1. The molecule has 0 radical (unpaired) electrons. The first-order chi connectivity index (χ1) is 12.2.